The number of rotatable bonds is 4. The first-order valence-electron chi connectivity index (χ1n) is 7.88. The number of ether oxygens (including phenoxy) is 1. The van der Waals surface area contributed by atoms with Crippen molar-refractivity contribution in [3.05, 3.63) is 47.8 Å². The van der Waals surface area contributed by atoms with Crippen LogP contribution in [0.15, 0.2) is 36.5 Å². The van der Waals surface area contributed by atoms with Gasteiger partial charge in [-0.1, -0.05) is 24.3 Å². The van der Waals surface area contributed by atoms with Crippen molar-refractivity contribution in [3.8, 4) is 11.1 Å². The van der Waals surface area contributed by atoms with Crippen LogP contribution in [-0.4, -0.2) is 46.8 Å². The molecule has 1 saturated heterocycles. The number of hydrogen-bond donors (Lipinski definition) is 1. The first-order valence-corrected chi connectivity index (χ1v) is 7.88. The molecule has 5 nitrogen and oxygen atoms in total. The first-order chi connectivity index (χ1) is 11.1. The van der Waals surface area contributed by atoms with Crippen LogP contribution >= 0.6 is 0 Å². The number of aromatic carboxylic acids is 1. The van der Waals surface area contributed by atoms with Crippen molar-refractivity contribution in [3.63, 3.8) is 0 Å². The molecular formula is C18H22N2O3. The second-order valence-corrected chi connectivity index (χ2v) is 5.98. The Labute approximate surface area is 136 Å². The number of hydrogen-bond acceptors (Lipinski definition) is 3. The second kappa shape index (κ2) is 6.56. The molecule has 2 heterocycles. The summed E-state index contributed by atoms with van der Waals surface area (Å²) in [7, 11) is 1.75. The average Bonchev–Trinajstić information content (AvgIpc) is 2.97. The average molecular weight is 314 g/mol. The van der Waals surface area contributed by atoms with Gasteiger partial charge in [0.2, 0.25) is 0 Å². The van der Waals surface area contributed by atoms with Gasteiger partial charge in [0, 0.05) is 37.9 Å². The largest absolute Gasteiger partial charge is 0.477 e. The minimum atomic E-state index is -0.906. The molecule has 23 heavy (non-hydrogen) atoms. The van der Waals surface area contributed by atoms with Crippen LogP contribution in [0.25, 0.3) is 11.1 Å². The zero-order chi connectivity index (χ0) is 16.4. The van der Waals surface area contributed by atoms with Crippen molar-refractivity contribution in [2.45, 2.75) is 13.0 Å². The number of benzene rings is 1. The maximum Gasteiger partial charge on any atom is 0.352 e. The van der Waals surface area contributed by atoms with Crippen LogP contribution in [0, 0.1) is 0 Å². The quantitative estimate of drug-likeness (QED) is 0.943. The van der Waals surface area contributed by atoms with E-state index in [-0.39, 0.29) is 0 Å². The van der Waals surface area contributed by atoms with Crippen molar-refractivity contribution < 1.29 is 14.6 Å². The minimum Gasteiger partial charge on any atom is -0.477 e. The zero-order valence-corrected chi connectivity index (χ0v) is 13.5. The molecule has 0 amide bonds. The Kier molecular flexibility index (Phi) is 4.50. The Bertz CT molecular complexity index is 685. The summed E-state index contributed by atoms with van der Waals surface area (Å²) in [4.78, 5) is 13.6. The highest BCUT2D eigenvalue weighted by Crippen LogP contribution is 2.26. The maximum absolute atomic E-state index is 11.1. The van der Waals surface area contributed by atoms with Crippen LogP contribution < -0.4 is 0 Å². The van der Waals surface area contributed by atoms with Gasteiger partial charge >= 0.3 is 5.97 Å². The summed E-state index contributed by atoms with van der Waals surface area (Å²) in [5, 5.41) is 9.15. The SMILES string of the molecule is C[C@H](c1ccc(-c2cc(C(=O)O)n(C)c2)cc1)N1CCOCC1. The lowest BCUT2D eigenvalue weighted by atomic mass is 10.0. The molecule has 0 spiro atoms. The minimum absolute atomic E-state index is 0.297. The van der Waals surface area contributed by atoms with Crippen LogP contribution in [0.5, 0.6) is 0 Å². The molecule has 122 valence electrons. The molecular weight excluding hydrogens is 292 g/mol. The van der Waals surface area contributed by atoms with E-state index in [4.69, 9.17) is 9.84 Å². The van der Waals surface area contributed by atoms with E-state index in [0.717, 1.165) is 37.4 Å². The molecule has 1 aromatic heterocycles. The lowest BCUT2D eigenvalue weighted by Gasteiger charge is -2.32. The Hall–Kier alpha value is -2.11. The van der Waals surface area contributed by atoms with E-state index in [0.29, 0.717) is 11.7 Å². The highest BCUT2D eigenvalue weighted by Gasteiger charge is 2.18. The number of nitrogens with zero attached hydrogens (tertiary/aromatic N) is 2. The van der Waals surface area contributed by atoms with Crippen LogP contribution in [-0.2, 0) is 11.8 Å². The van der Waals surface area contributed by atoms with E-state index in [9.17, 15) is 4.79 Å². The third-order valence-corrected chi connectivity index (χ3v) is 4.54. The third-order valence-electron chi connectivity index (χ3n) is 4.54. The van der Waals surface area contributed by atoms with Gasteiger partial charge in [0.15, 0.2) is 0 Å². The molecule has 5 heteroatoms. The lowest BCUT2D eigenvalue weighted by Crippen LogP contribution is -2.37. The lowest BCUT2D eigenvalue weighted by molar-refractivity contribution is 0.0198. The second-order valence-electron chi connectivity index (χ2n) is 5.98. The molecule has 1 N–H and O–H groups in total. The van der Waals surface area contributed by atoms with Gasteiger partial charge in [-0.3, -0.25) is 4.90 Å². The molecule has 0 radical (unpaired) electrons. The number of carboxylic acids is 1. The number of carboxylic acid groups (broad SMARTS) is 1. The van der Waals surface area contributed by atoms with E-state index < -0.39 is 5.97 Å². The van der Waals surface area contributed by atoms with Gasteiger partial charge < -0.3 is 14.4 Å². The van der Waals surface area contributed by atoms with Gasteiger partial charge in [0.25, 0.3) is 0 Å². The molecule has 3 rings (SSSR count). The van der Waals surface area contributed by atoms with Crippen molar-refractivity contribution in [1.29, 1.82) is 0 Å². The van der Waals surface area contributed by atoms with Gasteiger partial charge in [-0.05, 0) is 24.1 Å². The molecule has 1 aliphatic heterocycles. The van der Waals surface area contributed by atoms with Gasteiger partial charge in [-0.2, -0.15) is 0 Å². The number of morpholine rings is 1. The molecule has 2 aromatic rings. The van der Waals surface area contributed by atoms with E-state index in [1.165, 1.54) is 5.56 Å². The fourth-order valence-electron chi connectivity index (χ4n) is 3.06. The molecule has 0 bridgehead atoms. The van der Waals surface area contributed by atoms with Crippen molar-refractivity contribution in [2.24, 2.45) is 7.05 Å². The third kappa shape index (κ3) is 3.30. The maximum atomic E-state index is 11.1. The summed E-state index contributed by atoms with van der Waals surface area (Å²) < 4.78 is 7.04. The van der Waals surface area contributed by atoms with E-state index in [2.05, 4.69) is 36.1 Å². The van der Waals surface area contributed by atoms with Crippen LogP contribution in [0.3, 0.4) is 0 Å². The molecule has 1 atom stereocenters. The Morgan fingerprint density at radius 3 is 2.39 bits per heavy atom. The number of carbonyl (C=O) groups is 1. The fraction of sp³-hybridized carbons (Fsp3) is 0.389. The summed E-state index contributed by atoms with van der Waals surface area (Å²) in [6.07, 6.45) is 1.85. The molecule has 1 fully saturated rings. The van der Waals surface area contributed by atoms with Crippen LogP contribution in [0.1, 0.15) is 29.0 Å². The highest BCUT2D eigenvalue weighted by molar-refractivity contribution is 5.88. The summed E-state index contributed by atoms with van der Waals surface area (Å²) in [6.45, 7) is 5.73. The van der Waals surface area contributed by atoms with Crippen molar-refractivity contribution in [1.82, 2.24) is 9.47 Å². The van der Waals surface area contributed by atoms with Crippen LogP contribution in [0.4, 0.5) is 0 Å². The smallest absolute Gasteiger partial charge is 0.352 e. The van der Waals surface area contributed by atoms with Gasteiger partial charge in [0.1, 0.15) is 5.69 Å². The monoisotopic (exact) mass is 314 g/mol. The fourth-order valence-corrected chi connectivity index (χ4v) is 3.06. The molecule has 1 aromatic carbocycles. The van der Waals surface area contributed by atoms with Gasteiger partial charge in [-0.25, -0.2) is 4.79 Å². The predicted molar refractivity (Wildman–Crippen MR) is 88.6 cm³/mol. The summed E-state index contributed by atoms with van der Waals surface area (Å²) in [5.41, 5.74) is 3.53. The van der Waals surface area contributed by atoms with E-state index in [1.54, 1.807) is 17.7 Å². The summed E-state index contributed by atoms with van der Waals surface area (Å²) in [5.74, 6) is -0.906. The number of aryl methyl sites for hydroxylation is 1. The predicted octanol–water partition coefficient (Wildman–Crippen LogP) is 2.78. The van der Waals surface area contributed by atoms with Crippen molar-refractivity contribution >= 4 is 5.97 Å². The molecule has 0 saturated carbocycles. The normalized spacial score (nSPS) is 17.1. The van der Waals surface area contributed by atoms with E-state index in [1.807, 2.05) is 6.20 Å². The highest BCUT2D eigenvalue weighted by atomic mass is 16.5. The Morgan fingerprint density at radius 1 is 1.17 bits per heavy atom. The van der Waals surface area contributed by atoms with E-state index >= 15 is 0 Å². The first kappa shape index (κ1) is 15.8. The standard InChI is InChI=1S/C18H22N2O3/c1-13(20-7-9-23-10-8-20)14-3-5-15(6-4-14)16-11-17(18(21)22)19(2)12-16/h3-6,11-13H,7-10H2,1-2H3,(H,21,22)/t13-/m1/s1. The van der Waals surface area contributed by atoms with Gasteiger partial charge in [0.05, 0.1) is 13.2 Å². The summed E-state index contributed by atoms with van der Waals surface area (Å²) in [6, 6.07) is 10.5. The molecule has 0 aliphatic carbocycles. The Morgan fingerprint density at radius 2 is 1.83 bits per heavy atom. The van der Waals surface area contributed by atoms with Crippen LogP contribution in [0.2, 0.25) is 0 Å². The van der Waals surface area contributed by atoms with Gasteiger partial charge in [-0.15, -0.1) is 0 Å². The Balaban J connectivity index is 1.79. The van der Waals surface area contributed by atoms with Crippen molar-refractivity contribution in [2.75, 3.05) is 26.3 Å². The summed E-state index contributed by atoms with van der Waals surface area (Å²) >= 11 is 0. The number of aromatic nitrogens is 1. The topological polar surface area (TPSA) is 54.7 Å². The molecule has 0 unspecified atom stereocenters. The zero-order valence-electron chi connectivity index (χ0n) is 13.5. The molecule has 1 aliphatic rings.